The molecule has 1 aromatic heterocycles. The van der Waals surface area contributed by atoms with Crippen LogP contribution in [0.25, 0.3) is 17.0 Å². The summed E-state index contributed by atoms with van der Waals surface area (Å²) in [6.45, 7) is 8.13. The zero-order valence-corrected chi connectivity index (χ0v) is 21.6. The summed E-state index contributed by atoms with van der Waals surface area (Å²) in [5.74, 6) is 0.473. The van der Waals surface area contributed by atoms with Crippen molar-refractivity contribution in [1.82, 2.24) is 4.90 Å². The van der Waals surface area contributed by atoms with Gasteiger partial charge in [0.1, 0.15) is 6.54 Å². The second kappa shape index (κ2) is 10.4. The Kier molecular flexibility index (Phi) is 6.74. The molecule has 3 aromatic rings. The Labute approximate surface area is 216 Å². The van der Waals surface area contributed by atoms with Crippen molar-refractivity contribution in [3.63, 3.8) is 0 Å². The molecular formula is C33H38N3+. The van der Waals surface area contributed by atoms with Gasteiger partial charge in [0.2, 0.25) is 5.52 Å². The minimum Gasteiger partial charge on any atom is -0.345 e. The van der Waals surface area contributed by atoms with Gasteiger partial charge in [-0.15, -0.1) is 0 Å². The number of likely N-dealkylation sites (tertiary alicyclic amines) is 1. The lowest BCUT2D eigenvalue weighted by Crippen LogP contribution is -2.37. The number of aryl methyl sites for hydroxylation is 1. The number of fused-ring (bicyclic) bond motifs is 4. The van der Waals surface area contributed by atoms with Crippen LogP contribution in [0.3, 0.4) is 0 Å². The van der Waals surface area contributed by atoms with Crippen LogP contribution in [0.4, 0.5) is 5.69 Å². The number of benzene rings is 2. The van der Waals surface area contributed by atoms with Gasteiger partial charge < -0.3 is 9.80 Å². The van der Waals surface area contributed by atoms with Crippen molar-refractivity contribution < 1.29 is 4.57 Å². The maximum atomic E-state index is 2.64. The van der Waals surface area contributed by atoms with Crippen LogP contribution in [0, 0.1) is 0 Å². The molecule has 1 saturated heterocycles. The molecule has 36 heavy (non-hydrogen) atoms. The summed E-state index contributed by atoms with van der Waals surface area (Å²) in [5, 5.41) is 1.34. The van der Waals surface area contributed by atoms with Crippen LogP contribution in [-0.4, -0.2) is 31.1 Å². The highest BCUT2D eigenvalue weighted by Crippen LogP contribution is 2.48. The van der Waals surface area contributed by atoms with E-state index >= 15 is 0 Å². The predicted octanol–water partition coefficient (Wildman–Crippen LogP) is 6.85. The van der Waals surface area contributed by atoms with Gasteiger partial charge in [-0.05, 0) is 74.2 Å². The Hall–Kier alpha value is -3.17. The van der Waals surface area contributed by atoms with E-state index in [1.165, 1.54) is 84.3 Å². The number of allylic oxidation sites excluding steroid dienone is 5. The van der Waals surface area contributed by atoms with Crippen LogP contribution in [0.5, 0.6) is 0 Å². The monoisotopic (exact) mass is 476 g/mol. The van der Waals surface area contributed by atoms with Crippen LogP contribution in [0.2, 0.25) is 0 Å². The van der Waals surface area contributed by atoms with Crippen molar-refractivity contribution in [3.8, 4) is 0 Å². The second-order valence-electron chi connectivity index (χ2n) is 10.5. The van der Waals surface area contributed by atoms with E-state index in [9.17, 15) is 0 Å². The number of nitrogens with zero attached hydrogens (tertiary/aromatic N) is 3. The maximum absolute atomic E-state index is 2.64. The number of piperidine rings is 1. The second-order valence-corrected chi connectivity index (χ2v) is 10.5. The fourth-order valence-corrected chi connectivity index (χ4v) is 6.40. The molecule has 0 radical (unpaired) electrons. The fourth-order valence-electron chi connectivity index (χ4n) is 6.40. The molecule has 2 aliphatic heterocycles. The lowest BCUT2D eigenvalue weighted by atomic mass is 9.87. The molecule has 0 bridgehead atoms. The fraction of sp³-hybridized carbons (Fsp3) is 0.364. The highest BCUT2D eigenvalue weighted by Gasteiger charge is 2.33. The number of aromatic nitrogens is 1. The molecule has 3 heteroatoms. The summed E-state index contributed by atoms with van der Waals surface area (Å²) >= 11 is 0. The number of para-hydroxylation sites is 2. The average molecular weight is 477 g/mol. The molecule has 3 nitrogen and oxygen atoms in total. The summed E-state index contributed by atoms with van der Waals surface area (Å²) in [5.41, 5.74) is 8.34. The topological polar surface area (TPSA) is 10.4 Å². The van der Waals surface area contributed by atoms with Crippen LogP contribution in [-0.2, 0) is 6.54 Å². The highest BCUT2D eigenvalue weighted by atomic mass is 15.2. The third-order valence-corrected chi connectivity index (χ3v) is 8.25. The molecule has 1 unspecified atom stereocenters. The molecule has 0 N–H and O–H groups in total. The van der Waals surface area contributed by atoms with Gasteiger partial charge in [0, 0.05) is 48.9 Å². The number of hydrogen-bond donors (Lipinski definition) is 0. The first-order valence-electron chi connectivity index (χ1n) is 13.9. The van der Waals surface area contributed by atoms with Crippen molar-refractivity contribution in [2.45, 2.75) is 51.5 Å². The first kappa shape index (κ1) is 23.2. The van der Waals surface area contributed by atoms with Crippen LogP contribution >= 0.6 is 0 Å². The van der Waals surface area contributed by atoms with Gasteiger partial charge in [0.05, 0.1) is 5.39 Å². The van der Waals surface area contributed by atoms with Crippen LogP contribution in [0.1, 0.15) is 56.1 Å². The van der Waals surface area contributed by atoms with Crippen molar-refractivity contribution >= 4 is 22.7 Å². The van der Waals surface area contributed by atoms with E-state index in [0.29, 0.717) is 5.92 Å². The standard InChI is InChI=1S/C33H38N3/c1-2-36-32-14-7-5-12-29(32)30-25-26(16-18-33(30)36)15-17-27-19-24-35(31-13-6-4-11-28(27)31)23-10-22-34-20-8-3-9-21-34/h4-7,11-19,24,30H,2-3,8-10,20-23,25H2,1H3/q+1. The number of hydrogen-bond acceptors (Lipinski definition) is 2. The normalized spacial score (nSPS) is 19.9. The number of rotatable bonds is 7. The zero-order chi connectivity index (χ0) is 24.3. The third-order valence-electron chi connectivity index (χ3n) is 8.25. The summed E-state index contributed by atoms with van der Waals surface area (Å²) < 4.78 is 2.44. The molecule has 0 saturated carbocycles. The minimum absolute atomic E-state index is 0.473. The van der Waals surface area contributed by atoms with Gasteiger partial charge in [0.15, 0.2) is 6.20 Å². The Morgan fingerprint density at radius 3 is 2.64 bits per heavy atom. The molecular weight excluding hydrogens is 438 g/mol. The quantitative estimate of drug-likeness (QED) is 0.345. The number of pyridine rings is 1. The van der Waals surface area contributed by atoms with Gasteiger partial charge in [-0.25, -0.2) is 0 Å². The van der Waals surface area contributed by atoms with Crippen molar-refractivity contribution in [2.24, 2.45) is 0 Å². The van der Waals surface area contributed by atoms with Gasteiger partial charge >= 0.3 is 0 Å². The molecule has 1 fully saturated rings. The van der Waals surface area contributed by atoms with E-state index in [4.69, 9.17) is 0 Å². The van der Waals surface area contributed by atoms with Gasteiger partial charge in [-0.2, -0.15) is 4.57 Å². The number of likely N-dealkylation sites (N-methyl/N-ethyl adjacent to an activating group) is 1. The summed E-state index contributed by atoms with van der Waals surface area (Å²) in [6, 6.07) is 20.1. The first-order valence-corrected chi connectivity index (χ1v) is 13.9. The lowest BCUT2D eigenvalue weighted by molar-refractivity contribution is -0.671. The van der Waals surface area contributed by atoms with E-state index in [2.05, 4.69) is 106 Å². The van der Waals surface area contributed by atoms with E-state index in [1.54, 1.807) is 0 Å². The van der Waals surface area contributed by atoms with E-state index in [-0.39, 0.29) is 0 Å². The third kappa shape index (κ3) is 4.53. The summed E-state index contributed by atoms with van der Waals surface area (Å²) in [7, 11) is 0. The SMILES string of the molecule is CCN1C2=CC=C(/C=C/c3cc[n+](CCCN4CCCCC4)c4ccccc34)CC2c2ccccc21. The summed E-state index contributed by atoms with van der Waals surface area (Å²) in [4.78, 5) is 5.12. The molecule has 3 heterocycles. The Bertz CT molecular complexity index is 1330. The zero-order valence-electron chi connectivity index (χ0n) is 21.6. The van der Waals surface area contributed by atoms with E-state index in [0.717, 1.165) is 19.5 Å². The summed E-state index contributed by atoms with van der Waals surface area (Å²) in [6.07, 6.45) is 18.0. The van der Waals surface area contributed by atoms with E-state index < -0.39 is 0 Å². The molecule has 3 aliphatic rings. The predicted molar refractivity (Wildman–Crippen MR) is 151 cm³/mol. The van der Waals surface area contributed by atoms with Gasteiger partial charge in [0.25, 0.3) is 0 Å². The smallest absolute Gasteiger partial charge is 0.213 e. The molecule has 1 aliphatic carbocycles. The van der Waals surface area contributed by atoms with Crippen LogP contribution < -0.4 is 9.47 Å². The van der Waals surface area contributed by atoms with Crippen LogP contribution in [0.15, 0.2) is 90.3 Å². The Morgan fingerprint density at radius 2 is 1.75 bits per heavy atom. The lowest BCUT2D eigenvalue weighted by Gasteiger charge is -2.25. The van der Waals surface area contributed by atoms with Crippen molar-refractivity contribution in [2.75, 3.05) is 31.1 Å². The number of anilines is 1. The van der Waals surface area contributed by atoms with Gasteiger partial charge in [-0.1, -0.05) is 55.0 Å². The highest BCUT2D eigenvalue weighted by molar-refractivity contribution is 5.86. The Balaban J connectivity index is 1.20. The maximum Gasteiger partial charge on any atom is 0.213 e. The molecule has 0 spiro atoms. The minimum atomic E-state index is 0.473. The molecule has 184 valence electrons. The molecule has 2 aromatic carbocycles. The molecule has 0 amide bonds. The Morgan fingerprint density at radius 1 is 0.917 bits per heavy atom. The van der Waals surface area contributed by atoms with Crippen molar-refractivity contribution in [3.05, 3.63) is 101 Å². The van der Waals surface area contributed by atoms with E-state index in [1.807, 2.05) is 0 Å². The van der Waals surface area contributed by atoms with Gasteiger partial charge in [-0.3, -0.25) is 0 Å². The molecule has 6 rings (SSSR count). The first-order chi connectivity index (χ1) is 17.8. The van der Waals surface area contributed by atoms with Crippen molar-refractivity contribution in [1.29, 1.82) is 0 Å². The molecule has 1 atom stereocenters. The largest absolute Gasteiger partial charge is 0.345 e. The average Bonchev–Trinajstić information content (AvgIpc) is 3.26.